The topological polar surface area (TPSA) is 128 Å². The van der Waals surface area contributed by atoms with Crippen molar-refractivity contribution in [2.75, 3.05) is 6.54 Å². The van der Waals surface area contributed by atoms with Crippen LogP contribution < -0.4 is 16.8 Å². The normalized spacial score (nSPS) is 22.4. The van der Waals surface area contributed by atoms with E-state index < -0.39 is 23.2 Å². The SMILES string of the molecule is C=O.CC1CC(N)CN1C(=O)C(NC(=O)OC(C)(C)C)C(C)(C)C.NC1CCCc2ccccc21. The molecule has 1 aliphatic carbocycles. The fourth-order valence-electron chi connectivity index (χ4n) is 4.41. The molecule has 0 radical (unpaired) electrons. The summed E-state index contributed by atoms with van der Waals surface area (Å²) < 4.78 is 5.28. The molecule has 8 heteroatoms. The second-order valence-corrected chi connectivity index (χ2v) is 11.5. The molecule has 1 saturated heterocycles. The number of amides is 2. The summed E-state index contributed by atoms with van der Waals surface area (Å²) in [6.07, 6.45) is 3.82. The van der Waals surface area contributed by atoms with E-state index in [2.05, 4.69) is 29.6 Å². The quantitative estimate of drug-likeness (QED) is 0.580. The van der Waals surface area contributed by atoms with Gasteiger partial charge in [0.15, 0.2) is 0 Å². The lowest BCUT2D eigenvalue weighted by atomic mass is 9.85. The zero-order valence-corrected chi connectivity index (χ0v) is 22.6. The second-order valence-electron chi connectivity index (χ2n) is 11.5. The third-order valence-corrected chi connectivity index (χ3v) is 6.08. The summed E-state index contributed by atoms with van der Waals surface area (Å²) in [5.41, 5.74) is 13.7. The van der Waals surface area contributed by atoms with Gasteiger partial charge in [0.1, 0.15) is 18.4 Å². The van der Waals surface area contributed by atoms with E-state index >= 15 is 0 Å². The molecule has 0 bridgehead atoms. The number of hydrogen-bond donors (Lipinski definition) is 3. The van der Waals surface area contributed by atoms with E-state index in [1.165, 1.54) is 24.0 Å². The summed E-state index contributed by atoms with van der Waals surface area (Å²) in [6, 6.07) is 8.25. The van der Waals surface area contributed by atoms with Crippen LogP contribution in [0.3, 0.4) is 0 Å². The molecule has 8 nitrogen and oxygen atoms in total. The van der Waals surface area contributed by atoms with Gasteiger partial charge in [-0.25, -0.2) is 4.79 Å². The van der Waals surface area contributed by atoms with Gasteiger partial charge in [0.2, 0.25) is 5.91 Å². The Bertz CT molecular complexity index is 831. The van der Waals surface area contributed by atoms with E-state index in [0.717, 1.165) is 12.8 Å². The zero-order chi connectivity index (χ0) is 27.0. The van der Waals surface area contributed by atoms with Gasteiger partial charge in [-0.05, 0) is 69.9 Å². The summed E-state index contributed by atoms with van der Waals surface area (Å²) in [7, 11) is 0. The van der Waals surface area contributed by atoms with Crippen LogP contribution in [0.1, 0.15) is 84.9 Å². The van der Waals surface area contributed by atoms with E-state index in [1.807, 2.05) is 34.5 Å². The fraction of sp³-hybridized carbons (Fsp3) is 0.667. The zero-order valence-electron chi connectivity index (χ0n) is 22.6. The first-order chi connectivity index (χ1) is 16.2. The Morgan fingerprint density at radius 1 is 1.11 bits per heavy atom. The number of benzene rings is 1. The van der Waals surface area contributed by atoms with Crippen LogP contribution in [-0.4, -0.2) is 54.0 Å². The third kappa shape index (κ3) is 9.61. The molecule has 35 heavy (non-hydrogen) atoms. The maximum Gasteiger partial charge on any atom is 0.408 e. The van der Waals surface area contributed by atoms with Gasteiger partial charge in [0.05, 0.1) is 0 Å². The smallest absolute Gasteiger partial charge is 0.408 e. The Balaban J connectivity index is 0.000000389. The van der Waals surface area contributed by atoms with Gasteiger partial charge in [-0.15, -0.1) is 0 Å². The molecule has 1 aliphatic heterocycles. The maximum absolute atomic E-state index is 12.8. The van der Waals surface area contributed by atoms with Crippen molar-refractivity contribution < 1.29 is 19.1 Å². The minimum Gasteiger partial charge on any atom is -0.444 e. The van der Waals surface area contributed by atoms with E-state index in [9.17, 15) is 9.59 Å². The number of likely N-dealkylation sites (tertiary alicyclic amines) is 1. The Morgan fingerprint density at radius 2 is 1.71 bits per heavy atom. The second kappa shape index (κ2) is 13.0. The van der Waals surface area contributed by atoms with Crippen LogP contribution in [0.15, 0.2) is 24.3 Å². The monoisotopic (exact) mass is 490 g/mol. The number of nitrogens with two attached hydrogens (primary N) is 2. The van der Waals surface area contributed by atoms with Crippen molar-refractivity contribution in [2.45, 2.75) is 104 Å². The molecule has 1 fully saturated rings. The number of nitrogens with one attached hydrogen (secondary N) is 1. The van der Waals surface area contributed by atoms with Crippen molar-refractivity contribution >= 4 is 18.8 Å². The van der Waals surface area contributed by atoms with E-state index in [1.54, 1.807) is 25.7 Å². The number of aryl methyl sites for hydroxylation is 1. The molecule has 198 valence electrons. The van der Waals surface area contributed by atoms with Crippen molar-refractivity contribution in [3.8, 4) is 0 Å². The lowest BCUT2D eigenvalue weighted by molar-refractivity contribution is -0.136. The van der Waals surface area contributed by atoms with E-state index in [-0.39, 0.29) is 18.0 Å². The molecule has 1 aromatic carbocycles. The number of alkyl carbamates (subject to hydrolysis) is 1. The summed E-state index contributed by atoms with van der Waals surface area (Å²) in [4.78, 5) is 34.7. The summed E-state index contributed by atoms with van der Waals surface area (Å²) in [6.45, 7) is 15.7. The van der Waals surface area contributed by atoms with Crippen LogP contribution in [0.5, 0.6) is 0 Å². The maximum atomic E-state index is 12.8. The van der Waals surface area contributed by atoms with E-state index in [4.69, 9.17) is 21.0 Å². The summed E-state index contributed by atoms with van der Waals surface area (Å²) >= 11 is 0. The highest BCUT2D eigenvalue weighted by molar-refractivity contribution is 5.87. The van der Waals surface area contributed by atoms with Crippen molar-refractivity contribution in [3.05, 3.63) is 35.4 Å². The first kappa shape index (κ1) is 30.6. The highest BCUT2D eigenvalue weighted by Gasteiger charge is 2.40. The molecule has 0 aromatic heterocycles. The third-order valence-electron chi connectivity index (χ3n) is 6.08. The minimum atomic E-state index is -0.643. The number of hydrogen-bond acceptors (Lipinski definition) is 6. The standard InChI is InChI=1S/C16H31N3O3.C10H13N.CH2O/c1-10-8-11(17)9-19(10)13(20)12(15(2,3)4)18-14(21)22-16(5,6)7;11-10-7-3-5-8-4-1-2-6-9(8)10;1-2/h10-12H,8-9,17H2,1-7H3,(H,18,21);1-2,4,6,10H,3,5,7,11H2;1H2. The molecule has 3 rings (SSSR count). The highest BCUT2D eigenvalue weighted by Crippen LogP contribution is 2.27. The number of nitrogens with zero attached hydrogens (tertiary/aromatic N) is 1. The van der Waals surface area contributed by atoms with Gasteiger partial charge < -0.3 is 31.2 Å². The molecular weight excluding hydrogens is 444 g/mol. The molecule has 5 N–H and O–H groups in total. The molecule has 2 aliphatic rings. The number of fused-ring (bicyclic) bond motifs is 1. The highest BCUT2D eigenvalue weighted by atomic mass is 16.6. The van der Waals surface area contributed by atoms with Gasteiger partial charge in [0, 0.05) is 24.7 Å². The van der Waals surface area contributed by atoms with Crippen molar-refractivity contribution in [2.24, 2.45) is 16.9 Å². The van der Waals surface area contributed by atoms with Crippen LogP contribution in [0.25, 0.3) is 0 Å². The molecule has 4 unspecified atom stereocenters. The van der Waals surface area contributed by atoms with E-state index in [0.29, 0.717) is 12.6 Å². The van der Waals surface area contributed by atoms with Gasteiger partial charge in [-0.1, -0.05) is 45.0 Å². The van der Waals surface area contributed by atoms with Crippen LogP contribution in [-0.2, 0) is 20.7 Å². The first-order valence-electron chi connectivity index (χ1n) is 12.4. The van der Waals surface area contributed by atoms with Gasteiger partial charge >= 0.3 is 6.09 Å². The predicted octanol–water partition coefficient (Wildman–Crippen LogP) is 3.71. The lowest BCUT2D eigenvalue weighted by Crippen LogP contribution is -2.56. The van der Waals surface area contributed by atoms with Gasteiger partial charge in [-0.3, -0.25) is 4.79 Å². The van der Waals surface area contributed by atoms with Gasteiger partial charge in [0.25, 0.3) is 0 Å². The molecule has 2 amide bonds. The van der Waals surface area contributed by atoms with Crippen molar-refractivity contribution in [1.82, 2.24) is 10.2 Å². The first-order valence-corrected chi connectivity index (χ1v) is 12.4. The summed E-state index contributed by atoms with van der Waals surface area (Å²) in [5, 5.41) is 2.73. The largest absolute Gasteiger partial charge is 0.444 e. The molecular formula is C27H46N4O4. The Hall–Kier alpha value is -2.45. The number of carbonyl (C=O) groups excluding carboxylic acids is 3. The predicted molar refractivity (Wildman–Crippen MR) is 140 cm³/mol. The summed E-state index contributed by atoms with van der Waals surface area (Å²) in [5.74, 6) is -0.0983. The van der Waals surface area contributed by atoms with Crippen LogP contribution in [0, 0.1) is 5.41 Å². The average molecular weight is 491 g/mol. The number of ether oxygens (including phenoxy) is 1. The number of carbonyl (C=O) groups is 3. The minimum absolute atomic E-state index is 0.00101. The molecule has 1 aromatic rings. The van der Waals surface area contributed by atoms with Crippen LogP contribution in [0.4, 0.5) is 4.79 Å². The molecule has 0 spiro atoms. The lowest BCUT2D eigenvalue weighted by Gasteiger charge is -2.35. The fourth-order valence-corrected chi connectivity index (χ4v) is 4.41. The van der Waals surface area contributed by atoms with Crippen molar-refractivity contribution in [1.29, 1.82) is 0 Å². The van der Waals surface area contributed by atoms with Crippen LogP contribution >= 0.6 is 0 Å². The molecule has 4 atom stereocenters. The van der Waals surface area contributed by atoms with Crippen molar-refractivity contribution in [3.63, 3.8) is 0 Å². The van der Waals surface area contributed by atoms with Crippen LogP contribution in [0.2, 0.25) is 0 Å². The van der Waals surface area contributed by atoms with Gasteiger partial charge in [-0.2, -0.15) is 0 Å². The Kier molecular flexibility index (Phi) is 11.4. The molecule has 0 saturated carbocycles. The number of rotatable bonds is 2. The Labute approximate surface area is 211 Å². The molecule has 1 heterocycles. The average Bonchev–Trinajstić information content (AvgIpc) is 3.10. The Morgan fingerprint density at radius 3 is 2.20 bits per heavy atom.